The Bertz CT molecular complexity index is 512. The third-order valence-electron chi connectivity index (χ3n) is 1.92. The summed E-state index contributed by atoms with van der Waals surface area (Å²) in [5.74, 6) is -1.36. The molecular formula is C9H11NO6S. The minimum absolute atomic E-state index is 0.110. The van der Waals surface area contributed by atoms with Gasteiger partial charge in [-0.1, -0.05) is 18.2 Å². The van der Waals surface area contributed by atoms with E-state index < -0.39 is 22.4 Å². The summed E-state index contributed by atoms with van der Waals surface area (Å²) < 4.78 is 34.0. The van der Waals surface area contributed by atoms with Crippen molar-refractivity contribution >= 4 is 16.4 Å². The van der Waals surface area contributed by atoms with Gasteiger partial charge in [0.05, 0.1) is 0 Å². The number of benzene rings is 1. The van der Waals surface area contributed by atoms with Gasteiger partial charge in [-0.05, 0) is 11.6 Å². The first-order valence-electron chi connectivity index (χ1n) is 4.53. The maximum Gasteiger partial charge on any atom is 0.446 e. The van der Waals surface area contributed by atoms with Crippen LogP contribution in [0.1, 0.15) is 5.56 Å². The highest BCUT2D eigenvalue weighted by molar-refractivity contribution is 7.81. The second-order valence-electron chi connectivity index (χ2n) is 3.27. The standard InChI is InChI=1S/C9H11NO6S/c10-7(9(11)12)5-6-3-1-2-4-8(6)16-17(13,14)15/h1-4,7H,5,10H2,(H,11,12)(H,13,14,15)/t7-/m0/s1. The molecule has 0 heterocycles. The Morgan fingerprint density at radius 2 is 2.00 bits per heavy atom. The predicted molar refractivity (Wildman–Crippen MR) is 57.9 cm³/mol. The molecule has 1 atom stereocenters. The van der Waals surface area contributed by atoms with Crippen molar-refractivity contribution in [1.82, 2.24) is 0 Å². The highest BCUT2D eigenvalue weighted by atomic mass is 32.3. The van der Waals surface area contributed by atoms with Gasteiger partial charge in [0, 0.05) is 6.42 Å². The van der Waals surface area contributed by atoms with Crippen molar-refractivity contribution in [2.45, 2.75) is 12.5 Å². The molecule has 0 aromatic heterocycles. The van der Waals surface area contributed by atoms with Gasteiger partial charge in [-0.15, -0.1) is 0 Å². The van der Waals surface area contributed by atoms with E-state index in [2.05, 4.69) is 4.18 Å². The Labute approximate surface area is 97.8 Å². The van der Waals surface area contributed by atoms with Crippen LogP contribution in [0.15, 0.2) is 24.3 Å². The van der Waals surface area contributed by atoms with Gasteiger partial charge in [0.15, 0.2) is 0 Å². The Kier molecular flexibility index (Phi) is 4.05. The monoisotopic (exact) mass is 261 g/mol. The maximum absolute atomic E-state index is 10.6. The average Bonchev–Trinajstić information content (AvgIpc) is 2.18. The van der Waals surface area contributed by atoms with Crippen LogP contribution in [0.25, 0.3) is 0 Å². The summed E-state index contributed by atoms with van der Waals surface area (Å²) >= 11 is 0. The van der Waals surface area contributed by atoms with E-state index in [1.165, 1.54) is 18.2 Å². The number of hydrogen-bond donors (Lipinski definition) is 3. The molecule has 7 nitrogen and oxygen atoms in total. The molecule has 0 saturated carbocycles. The molecule has 8 heteroatoms. The van der Waals surface area contributed by atoms with Crippen molar-refractivity contribution in [1.29, 1.82) is 0 Å². The molecule has 0 radical (unpaired) electrons. The highest BCUT2D eigenvalue weighted by Crippen LogP contribution is 2.20. The smallest absolute Gasteiger partial charge is 0.446 e. The van der Waals surface area contributed by atoms with E-state index in [-0.39, 0.29) is 17.7 Å². The van der Waals surface area contributed by atoms with Crippen molar-refractivity contribution in [2.24, 2.45) is 5.73 Å². The largest absolute Gasteiger partial charge is 0.480 e. The van der Waals surface area contributed by atoms with Crippen LogP contribution in [0.4, 0.5) is 0 Å². The molecule has 4 N–H and O–H groups in total. The first kappa shape index (κ1) is 13.4. The van der Waals surface area contributed by atoms with Gasteiger partial charge in [0.2, 0.25) is 0 Å². The van der Waals surface area contributed by atoms with Crippen molar-refractivity contribution in [3.63, 3.8) is 0 Å². The van der Waals surface area contributed by atoms with Crippen LogP contribution in [0, 0.1) is 0 Å². The third-order valence-corrected chi connectivity index (χ3v) is 2.31. The number of para-hydroxylation sites is 1. The molecule has 17 heavy (non-hydrogen) atoms. The van der Waals surface area contributed by atoms with Crippen LogP contribution >= 0.6 is 0 Å². The van der Waals surface area contributed by atoms with Crippen LogP contribution < -0.4 is 9.92 Å². The molecule has 0 amide bonds. The molecule has 1 aromatic carbocycles. The minimum atomic E-state index is -4.64. The quantitative estimate of drug-likeness (QED) is 0.627. The number of carbonyl (C=O) groups is 1. The van der Waals surface area contributed by atoms with E-state index in [0.29, 0.717) is 0 Å². The molecule has 0 aliphatic carbocycles. The number of hydrogen-bond acceptors (Lipinski definition) is 5. The van der Waals surface area contributed by atoms with Crippen LogP contribution in [0.3, 0.4) is 0 Å². The van der Waals surface area contributed by atoms with Crippen molar-refractivity contribution in [3.05, 3.63) is 29.8 Å². The summed E-state index contributed by atoms with van der Waals surface area (Å²) in [4.78, 5) is 10.6. The molecule has 0 unspecified atom stereocenters. The van der Waals surface area contributed by atoms with E-state index in [1.54, 1.807) is 6.07 Å². The van der Waals surface area contributed by atoms with E-state index in [0.717, 1.165) is 0 Å². The van der Waals surface area contributed by atoms with Gasteiger partial charge in [-0.2, -0.15) is 8.42 Å². The lowest BCUT2D eigenvalue weighted by Gasteiger charge is -2.10. The fourth-order valence-corrected chi connectivity index (χ4v) is 1.58. The zero-order valence-corrected chi connectivity index (χ0v) is 9.42. The lowest BCUT2D eigenvalue weighted by molar-refractivity contribution is -0.138. The summed E-state index contributed by atoms with van der Waals surface area (Å²) in [7, 11) is -4.64. The number of carboxylic acids is 1. The summed E-state index contributed by atoms with van der Waals surface area (Å²) in [6.07, 6.45) is -0.110. The Morgan fingerprint density at radius 3 is 2.53 bits per heavy atom. The molecule has 0 saturated heterocycles. The average molecular weight is 261 g/mol. The van der Waals surface area contributed by atoms with Crippen LogP contribution in [-0.4, -0.2) is 30.1 Å². The molecule has 0 spiro atoms. The molecule has 0 aliphatic heterocycles. The molecule has 0 fully saturated rings. The second kappa shape index (κ2) is 5.13. The van der Waals surface area contributed by atoms with Crippen LogP contribution in [0.5, 0.6) is 5.75 Å². The minimum Gasteiger partial charge on any atom is -0.480 e. The lowest BCUT2D eigenvalue weighted by Crippen LogP contribution is -2.32. The number of carboxylic acid groups (broad SMARTS) is 1. The molecule has 1 rings (SSSR count). The van der Waals surface area contributed by atoms with Crippen LogP contribution in [-0.2, 0) is 21.6 Å². The van der Waals surface area contributed by atoms with E-state index >= 15 is 0 Å². The summed E-state index contributed by atoms with van der Waals surface area (Å²) in [6.45, 7) is 0. The first-order valence-corrected chi connectivity index (χ1v) is 5.89. The van der Waals surface area contributed by atoms with E-state index in [1.807, 2.05) is 0 Å². The van der Waals surface area contributed by atoms with Crippen molar-refractivity contribution in [2.75, 3.05) is 0 Å². The number of nitrogens with two attached hydrogens (primary N) is 1. The topological polar surface area (TPSA) is 127 Å². The van der Waals surface area contributed by atoms with Gasteiger partial charge in [-0.25, -0.2) is 0 Å². The second-order valence-corrected chi connectivity index (χ2v) is 4.29. The van der Waals surface area contributed by atoms with Gasteiger partial charge in [0.1, 0.15) is 11.8 Å². The van der Waals surface area contributed by atoms with Crippen molar-refractivity contribution in [3.8, 4) is 5.75 Å². The van der Waals surface area contributed by atoms with Crippen molar-refractivity contribution < 1.29 is 27.1 Å². The van der Waals surface area contributed by atoms with Gasteiger partial charge in [-0.3, -0.25) is 9.35 Å². The summed E-state index contributed by atoms with van der Waals surface area (Å²) in [5, 5.41) is 8.63. The van der Waals surface area contributed by atoms with Gasteiger partial charge in [0.25, 0.3) is 0 Å². The Morgan fingerprint density at radius 1 is 1.41 bits per heavy atom. The fraction of sp³-hybridized carbons (Fsp3) is 0.222. The molecule has 0 bridgehead atoms. The normalized spacial score (nSPS) is 13.1. The van der Waals surface area contributed by atoms with Gasteiger partial charge >= 0.3 is 16.4 Å². The fourth-order valence-electron chi connectivity index (χ4n) is 1.19. The zero-order chi connectivity index (χ0) is 13.1. The Hall–Kier alpha value is -1.64. The van der Waals surface area contributed by atoms with Gasteiger partial charge < -0.3 is 15.0 Å². The maximum atomic E-state index is 10.6. The van der Waals surface area contributed by atoms with E-state index in [4.69, 9.17) is 15.4 Å². The highest BCUT2D eigenvalue weighted by Gasteiger charge is 2.17. The molecular weight excluding hydrogens is 250 g/mol. The zero-order valence-electron chi connectivity index (χ0n) is 8.61. The third kappa shape index (κ3) is 4.39. The number of rotatable bonds is 5. The van der Waals surface area contributed by atoms with Crippen LogP contribution in [0.2, 0.25) is 0 Å². The Balaban J connectivity index is 2.96. The lowest BCUT2D eigenvalue weighted by atomic mass is 10.1. The summed E-state index contributed by atoms with van der Waals surface area (Å²) in [5.41, 5.74) is 5.59. The molecule has 0 aliphatic rings. The van der Waals surface area contributed by atoms with E-state index in [9.17, 15) is 13.2 Å². The SMILES string of the molecule is N[C@@H](Cc1ccccc1OS(=O)(=O)O)C(=O)O. The first-order chi connectivity index (χ1) is 7.79. The predicted octanol–water partition coefficient (Wildman–Crippen LogP) is -0.177. The number of aliphatic carboxylic acids is 1. The molecule has 94 valence electrons. The molecule has 1 aromatic rings. The summed E-state index contributed by atoms with van der Waals surface area (Å²) in [6, 6.07) is 4.62.